The summed E-state index contributed by atoms with van der Waals surface area (Å²) in [5.74, 6) is 0. The van der Waals surface area contributed by atoms with E-state index in [1.807, 2.05) is 0 Å². The standard InChI is InChI=1S/C12H13F3N2O/c1-8(18)4-5-17-10-3-2-9(7-16)11(6-10)12(13,14)15/h2-3,6,8,17-18H,4-5H2,1H3/t8-/m0/s1. The van der Waals surface area contributed by atoms with E-state index < -0.39 is 23.4 Å². The van der Waals surface area contributed by atoms with Gasteiger partial charge in [0.1, 0.15) is 0 Å². The summed E-state index contributed by atoms with van der Waals surface area (Å²) in [6.07, 6.45) is -4.63. The van der Waals surface area contributed by atoms with E-state index in [1.54, 1.807) is 6.92 Å². The number of nitrogens with one attached hydrogen (secondary N) is 1. The van der Waals surface area contributed by atoms with Crippen LogP contribution in [-0.2, 0) is 6.18 Å². The van der Waals surface area contributed by atoms with Gasteiger partial charge in [0.25, 0.3) is 0 Å². The van der Waals surface area contributed by atoms with Gasteiger partial charge in [-0.3, -0.25) is 0 Å². The molecule has 1 rings (SSSR count). The number of anilines is 1. The predicted octanol–water partition coefficient (Wildman–Crippen LogP) is 2.76. The number of hydrogen-bond donors (Lipinski definition) is 2. The van der Waals surface area contributed by atoms with Crippen molar-refractivity contribution in [3.05, 3.63) is 29.3 Å². The van der Waals surface area contributed by atoms with Crippen LogP contribution in [0, 0.1) is 11.3 Å². The van der Waals surface area contributed by atoms with Gasteiger partial charge in [0, 0.05) is 12.2 Å². The maximum atomic E-state index is 12.6. The van der Waals surface area contributed by atoms with E-state index in [-0.39, 0.29) is 5.69 Å². The molecule has 3 nitrogen and oxygen atoms in total. The lowest BCUT2D eigenvalue weighted by atomic mass is 10.1. The second-order valence-electron chi connectivity index (χ2n) is 3.93. The first kappa shape index (κ1) is 14.3. The van der Waals surface area contributed by atoms with Gasteiger partial charge in [-0.15, -0.1) is 0 Å². The van der Waals surface area contributed by atoms with E-state index in [1.165, 1.54) is 12.1 Å². The summed E-state index contributed by atoms with van der Waals surface area (Å²) in [7, 11) is 0. The minimum atomic E-state index is -4.55. The third kappa shape index (κ3) is 3.93. The summed E-state index contributed by atoms with van der Waals surface area (Å²) in [6.45, 7) is 1.96. The van der Waals surface area contributed by atoms with Crippen LogP contribution < -0.4 is 5.32 Å². The first-order chi connectivity index (χ1) is 8.34. The Morgan fingerprint density at radius 2 is 2.11 bits per heavy atom. The lowest BCUT2D eigenvalue weighted by Gasteiger charge is -2.12. The topological polar surface area (TPSA) is 56.0 Å². The van der Waals surface area contributed by atoms with Crippen molar-refractivity contribution in [3.8, 4) is 6.07 Å². The summed E-state index contributed by atoms with van der Waals surface area (Å²) in [5, 5.41) is 20.4. The third-order valence-corrected chi connectivity index (χ3v) is 2.34. The molecule has 18 heavy (non-hydrogen) atoms. The fourth-order valence-corrected chi connectivity index (χ4v) is 1.41. The van der Waals surface area contributed by atoms with Crippen molar-refractivity contribution in [3.63, 3.8) is 0 Å². The summed E-state index contributed by atoms with van der Waals surface area (Å²) in [6, 6.07) is 4.96. The zero-order valence-electron chi connectivity index (χ0n) is 9.75. The highest BCUT2D eigenvalue weighted by atomic mass is 19.4. The zero-order chi connectivity index (χ0) is 13.8. The molecule has 0 unspecified atom stereocenters. The molecule has 98 valence electrons. The first-order valence-corrected chi connectivity index (χ1v) is 5.38. The van der Waals surface area contributed by atoms with Crippen molar-refractivity contribution in [2.24, 2.45) is 0 Å². The van der Waals surface area contributed by atoms with Gasteiger partial charge in [-0.1, -0.05) is 0 Å². The summed E-state index contributed by atoms with van der Waals surface area (Å²) in [5.41, 5.74) is -1.07. The second-order valence-corrected chi connectivity index (χ2v) is 3.93. The number of nitriles is 1. The molecule has 0 aliphatic rings. The Labute approximate surface area is 103 Å². The molecule has 1 aromatic carbocycles. The molecule has 0 aliphatic heterocycles. The molecule has 0 aliphatic carbocycles. The Bertz CT molecular complexity index is 450. The maximum Gasteiger partial charge on any atom is 0.417 e. The van der Waals surface area contributed by atoms with Crippen molar-refractivity contribution in [1.29, 1.82) is 5.26 Å². The Kier molecular flexibility index (Phi) is 4.56. The fraction of sp³-hybridized carbons (Fsp3) is 0.417. The molecule has 1 aromatic rings. The number of aliphatic hydroxyl groups excluding tert-OH is 1. The number of hydrogen-bond acceptors (Lipinski definition) is 3. The Morgan fingerprint density at radius 1 is 1.44 bits per heavy atom. The van der Waals surface area contributed by atoms with Crippen molar-refractivity contribution >= 4 is 5.69 Å². The molecule has 0 saturated heterocycles. The molecule has 6 heteroatoms. The average Bonchev–Trinajstić information content (AvgIpc) is 2.27. The SMILES string of the molecule is C[C@H](O)CCNc1ccc(C#N)c(C(F)(F)F)c1. The molecule has 1 atom stereocenters. The van der Waals surface area contributed by atoms with Crippen LogP contribution in [0.2, 0.25) is 0 Å². The molecule has 2 N–H and O–H groups in total. The number of benzene rings is 1. The fourth-order valence-electron chi connectivity index (χ4n) is 1.41. The minimum absolute atomic E-state index is 0.280. The van der Waals surface area contributed by atoms with Crippen LogP contribution in [0.25, 0.3) is 0 Å². The molecular formula is C12H13F3N2O. The van der Waals surface area contributed by atoms with Crippen molar-refractivity contribution < 1.29 is 18.3 Å². The van der Waals surface area contributed by atoms with Crippen LogP contribution in [0.5, 0.6) is 0 Å². The predicted molar refractivity (Wildman–Crippen MR) is 60.9 cm³/mol. The smallest absolute Gasteiger partial charge is 0.393 e. The Balaban J connectivity index is 2.88. The molecular weight excluding hydrogens is 245 g/mol. The van der Waals surface area contributed by atoms with E-state index in [4.69, 9.17) is 10.4 Å². The highest BCUT2D eigenvalue weighted by molar-refractivity contribution is 5.53. The molecule has 0 radical (unpaired) electrons. The third-order valence-electron chi connectivity index (χ3n) is 2.34. The van der Waals surface area contributed by atoms with Crippen molar-refractivity contribution in [1.82, 2.24) is 0 Å². The maximum absolute atomic E-state index is 12.6. The number of rotatable bonds is 4. The van der Waals surface area contributed by atoms with Gasteiger partial charge in [-0.2, -0.15) is 18.4 Å². The van der Waals surface area contributed by atoms with Crippen molar-refractivity contribution in [2.75, 3.05) is 11.9 Å². The highest BCUT2D eigenvalue weighted by Crippen LogP contribution is 2.33. The van der Waals surface area contributed by atoms with Crippen LogP contribution in [0.1, 0.15) is 24.5 Å². The summed E-state index contributed by atoms with van der Waals surface area (Å²) >= 11 is 0. The summed E-state index contributed by atoms with van der Waals surface area (Å²) < 4.78 is 37.9. The van der Waals surface area contributed by atoms with Gasteiger partial charge >= 0.3 is 6.18 Å². The monoisotopic (exact) mass is 258 g/mol. The quantitative estimate of drug-likeness (QED) is 0.873. The van der Waals surface area contributed by atoms with Gasteiger partial charge in [-0.25, -0.2) is 0 Å². The van der Waals surface area contributed by atoms with Gasteiger partial charge < -0.3 is 10.4 Å². The number of halogens is 3. The first-order valence-electron chi connectivity index (χ1n) is 5.38. The number of nitrogens with zero attached hydrogens (tertiary/aromatic N) is 1. The zero-order valence-corrected chi connectivity index (χ0v) is 9.75. The Morgan fingerprint density at radius 3 is 2.61 bits per heavy atom. The van der Waals surface area contributed by atoms with Gasteiger partial charge in [0.15, 0.2) is 0 Å². The molecule has 0 spiro atoms. The molecule has 0 saturated carbocycles. The normalized spacial score (nSPS) is 12.9. The molecule has 0 aromatic heterocycles. The van der Waals surface area contributed by atoms with E-state index in [0.717, 1.165) is 12.1 Å². The lowest BCUT2D eigenvalue weighted by Crippen LogP contribution is -2.12. The number of alkyl halides is 3. The van der Waals surface area contributed by atoms with Gasteiger partial charge in [-0.05, 0) is 31.5 Å². The minimum Gasteiger partial charge on any atom is -0.393 e. The van der Waals surface area contributed by atoms with Gasteiger partial charge in [0.2, 0.25) is 0 Å². The number of aliphatic hydroxyl groups is 1. The van der Waals surface area contributed by atoms with Crippen molar-refractivity contribution in [2.45, 2.75) is 25.6 Å². The molecule has 0 fully saturated rings. The Hall–Kier alpha value is -1.74. The largest absolute Gasteiger partial charge is 0.417 e. The van der Waals surface area contributed by atoms with E-state index >= 15 is 0 Å². The summed E-state index contributed by atoms with van der Waals surface area (Å²) in [4.78, 5) is 0. The van der Waals surface area contributed by atoms with Crippen LogP contribution in [0.15, 0.2) is 18.2 Å². The van der Waals surface area contributed by atoms with E-state index in [9.17, 15) is 13.2 Å². The van der Waals surface area contributed by atoms with Gasteiger partial charge in [0.05, 0.1) is 23.3 Å². The molecule has 0 heterocycles. The van der Waals surface area contributed by atoms with Crippen LogP contribution in [0.3, 0.4) is 0 Å². The van der Waals surface area contributed by atoms with Crippen LogP contribution in [-0.4, -0.2) is 17.8 Å². The second kappa shape index (κ2) is 5.74. The van der Waals surface area contributed by atoms with E-state index in [2.05, 4.69) is 5.32 Å². The van der Waals surface area contributed by atoms with E-state index in [0.29, 0.717) is 13.0 Å². The van der Waals surface area contributed by atoms with Crippen LogP contribution >= 0.6 is 0 Å². The molecule has 0 bridgehead atoms. The average molecular weight is 258 g/mol. The molecule has 0 amide bonds. The van der Waals surface area contributed by atoms with Crippen LogP contribution in [0.4, 0.5) is 18.9 Å². The highest BCUT2D eigenvalue weighted by Gasteiger charge is 2.33. The lowest BCUT2D eigenvalue weighted by molar-refractivity contribution is -0.137.